The monoisotopic (exact) mass is 321 g/mol. The molecule has 0 saturated carbocycles. The van der Waals surface area contributed by atoms with Gasteiger partial charge in [0.15, 0.2) is 0 Å². The number of hydrogen-bond donors (Lipinski definition) is 1. The van der Waals surface area contributed by atoms with Crippen molar-refractivity contribution in [2.45, 2.75) is 0 Å². The van der Waals surface area contributed by atoms with E-state index in [0.29, 0.717) is 12.1 Å². The Labute approximate surface area is 127 Å². The molecule has 1 N–H and O–H groups in total. The molecule has 2 aromatic carbocycles. The fraction of sp³-hybridized carbons (Fsp3) is 0. The van der Waals surface area contributed by atoms with Crippen LogP contribution in [-0.2, 0) is 9.59 Å². The van der Waals surface area contributed by atoms with Gasteiger partial charge in [0.25, 0.3) is 11.8 Å². The van der Waals surface area contributed by atoms with Crippen molar-refractivity contribution in [1.29, 1.82) is 0 Å². The summed E-state index contributed by atoms with van der Waals surface area (Å²) < 4.78 is 53.9. The lowest BCUT2D eigenvalue weighted by Crippen LogP contribution is -2.23. The molecule has 0 bridgehead atoms. The molecule has 23 heavy (non-hydrogen) atoms. The number of carbonyl (C=O) groups excluding carboxylic acids is 2. The maximum Gasteiger partial charge on any atom is 0.259 e. The molecule has 1 aliphatic rings. The van der Waals surface area contributed by atoms with E-state index in [1.165, 1.54) is 0 Å². The molecular formula is C16H7F4NO2. The van der Waals surface area contributed by atoms with Gasteiger partial charge in [-0.05, 0) is 24.3 Å². The number of imide groups is 1. The largest absolute Gasteiger partial charge is 0.288 e. The van der Waals surface area contributed by atoms with Gasteiger partial charge in [0, 0.05) is 23.3 Å². The summed E-state index contributed by atoms with van der Waals surface area (Å²) >= 11 is 0. The van der Waals surface area contributed by atoms with Crippen LogP contribution in [0, 0.1) is 23.3 Å². The van der Waals surface area contributed by atoms with Crippen LogP contribution in [0.25, 0.3) is 11.1 Å². The molecule has 2 amide bonds. The zero-order valence-electron chi connectivity index (χ0n) is 11.3. The van der Waals surface area contributed by atoms with Crippen LogP contribution in [0.15, 0.2) is 36.4 Å². The van der Waals surface area contributed by atoms with Gasteiger partial charge in [0.2, 0.25) is 0 Å². The van der Waals surface area contributed by atoms with Gasteiger partial charge in [0.1, 0.15) is 23.3 Å². The molecular weight excluding hydrogens is 314 g/mol. The van der Waals surface area contributed by atoms with Crippen molar-refractivity contribution in [2.75, 3.05) is 0 Å². The van der Waals surface area contributed by atoms with Crippen LogP contribution in [0.3, 0.4) is 0 Å². The molecule has 3 rings (SSSR count). The Morgan fingerprint density at radius 3 is 1.39 bits per heavy atom. The highest BCUT2D eigenvalue weighted by Gasteiger charge is 2.34. The van der Waals surface area contributed by atoms with E-state index in [1.54, 1.807) is 0 Å². The molecule has 0 aliphatic carbocycles. The highest BCUT2D eigenvalue weighted by Crippen LogP contribution is 2.33. The van der Waals surface area contributed by atoms with Crippen LogP contribution in [0.4, 0.5) is 17.6 Å². The van der Waals surface area contributed by atoms with E-state index in [4.69, 9.17) is 0 Å². The fourth-order valence-electron chi connectivity index (χ4n) is 2.35. The van der Waals surface area contributed by atoms with Gasteiger partial charge in [-0.1, -0.05) is 0 Å². The van der Waals surface area contributed by atoms with Gasteiger partial charge in [0.05, 0.1) is 11.1 Å². The zero-order valence-corrected chi connectivity index (χ0v) is 11.3. The van der Waals surface area contributed by atoms with Crippen LogP contribution >= 0.6 is 0 Å². The standard InChI is InChI=1S/C16H7F4NO2/c17-7-1-3-9(11(19)5-7)13-14(16(23)21-15(13)22)10-4-2-8(18)6-12(10)20/h1-6H,(H,21,22,23). The number of rotatable bonds is 2. The summed E-state index contributed by atoms with van der Waals surface area (Å²) in [5.74, 6) is -5.79. The lowest BCUT2D eigenvalue weighted by atomic mass is 9.95. The van der Waals surface area contributed by atoms with E-state index in [2.05, 4.69) is 0 Å². The van der Waals surface area contributed by atoms with E-state index in [1.807, 2.05) is 5.32 Å². The van der Waals surface area contributed by atoms with E-state index in [-0.39, 0.29) is 11.1 Å². The summed E-state index contributed by atoms with van der Waals surface area (Å²) in [6.45, 7) is 0. The fourth-order valence-corrected chi connectivity index (χ4v) is 2.35. The van der Waals surface area contributed by atoms with Crippen molar-refractivity contribution >= 4 is 23.0 Å². The average molecular weight is 321 g/mol. The number of halogens is 4. The van der Waals surface area contributed by atoms with Gasteiger partial charge in [-0.2, -0.15) is 0 Å². The van der Waals surface area contributed by atoms with Gasteiger partial charge < -0.3 is 0 Å². The van der Waals surface area contributed by atoms with Crippen LogP contribution < -0.4 is 5.32 Å². The number of benzene rings is 2. The molecule has 0 fully saturated rings. The highest BCUT2D eigenvalue weighted by molar-refractivity contribution is 6.49. The summed E-state index contributed by atoms with van der Waals surface area (Å²) in [4.78, 5) is 23.9. The number of carbonyl (C=O) groups is 2. The maximum absolute atomic E-state index is 13.9. The predicted octanol–water partition coefficient (Wildman–Crippen LogP) is 2.81. The van der Waals surface area contributed by atoms with Crippen LogP contribution in [0.5, 0.6) is 0 Å². The Hall–Kier alpha value is -2.96. The molecule has 2 aromatic rings. The minimum absolute atomic E-state index is 0.353. The summed E-state index contributed by atoms with van der Waals surface area (Å²) in [7, 11) is 0. The summed E-state index contributed by atoms with van der Waals surface area (Å²) in [5.41, 5.74) is -1.57. The number of nitrogens with one attached hydrogen (secondary N) is 1. The second kappa shape index (κ2) is 5.35. The number of hydrogen-bond acceptors (Lipinski definition) is 2. The molecule has 0 spiro atoms. The zero-order chi connectivity index (χ0) is 16.7. The van der Waals surface area contributed by atoms with Crippen molar-refractivity contribution in [3.05, 3.63) is 70.8 Å². The van der Waals surface area contributed by atoms with Gasteiger partial charge in [-0.15, -0.1) is 0 Å². The van der Waals surface area contributed by atoms with Crippen molar-refractivity contribution in [3.8, 4) is 0 Å². The smallest absolute Gasteiger partial charge is 0.259 e. The molecule has 3 nitrogen and oxygen atoms in total. The van der Waals surface area contributed by atoms with Gasteiger partial charge in [-0.25, -0.2) is 17.6 Å². The molecule has 0 unspecified atom stereocenters. The molecule has 0 aromatic heterocycles. The Balaban J connectivity index is 2.30. The summed E-state index contributed by atoms with van der Waals surface area (Å²) in [5, 5.41) is 1.92. The third-order valence-electron chi connectivity index (χ3n) is 3.33. The van der Waals surface area contributed by atoms with E-state index in [9.17, 15) is 27.2 Å². The molecule has 0 atom stereocenters. The Kier molecular flexibility index (Phi) is 3.48. The predicted molar refractivity (Wildman–Crippen MR) is 72.7 cm³/mol. The molecule has 0 radical (unpaired) electrons. The van der Waals surface area contributed by atoms with E-state index in [0.717, 1.165) is 24.3 Å². The summed E-state index contributed by atoms with van der Waals surface area (Å²) in [6, 6.07) is 4.83. The summed E-state index contributed by atoms with van der Waals surface area (Å²) in [6.07, 6.45) is 0. The topological polar surface area (TPSA) is 46.2 Å². The second-order valence-corrected chi connectivity index (χ2v) is 4.78. The van der Waals surface area contributed by atoms with Crippen molar-refractivity contribution < 1.29 is 27.2 Å². The Morgan fingerprint density at radius 2 is 1.04 bits per heavy atom. The van der Waals surface area contributed by atoms with Crippen molar-refractivity contribution in [1.82, 2.24) is 5.32 Å². The molecule has 0 saturated heterocycles. The van der Waals surface area contributed by atoms with Crippen molar-refractivity contribution in [2.24, 2.45) is 0 Å². The molecule has 1 aliphatic heterocycles. The third kappa shape index (κ3) is 2.50. The average Bonchev–Trinajstić information content (AvgIpc) is 2.74. The van der Waals surface area contributed by atoms with Gasteiger partial charge in [-0.3, -0.25) is 14.9 Å². The minimum Gasteiger partial charge on any atom is -0.288 e. The first-order valence-corrected chi connectivity index (χ1v) is 6.39. The van der Waals surface area contributed by atoms with Crippen molar-refractivity contribution in [3.63, 3.8) is 0 Å². The van der Waals surface area contributed by atoms with Crippen LogP contribution in [0.1, 0.15) is 11.1 Å². The number of amides is 2. The molecule has 1 heterocycles. The Morgan fingerprint density at radius 1 is 0.652 bits per heavy atom. The maximum atomic E-state index is 13.9. The normalized spacial score (nSPS) is 14.4. The third-order valence-corrected chi connectivity index (χ3v) is 3.33. The van der Waals surface area contributed by atoms with E-state index >= 15 is 0 Å². The quantitative estimate of drug-likeness (QED) is 0.683. The van der Waals surface area contributed by atoms with Crippen LogP contribution in [-0.4, -0.2) is 11.8 Å². The minimum atomic E-state index is -1.08. The molecule has 7 heteroatoms. The first-order valence-electron chi connectivity index (χ1n) is 6.39. The van der Waals surface area contributed by atoms with Crippen LogP contribution in [0.2, 0.25) is 0 Å². The lowest BCUT2D eigenvalue weighted by molar-refractivity contribution is -0.122. The Bertz CT molecular complexity index is 818. The second-order valence-electron chi connectivity index (χ2n) is 4.78. The van der Waals surface area contributed by atoms with Gasteiger partial charge >= 0.3 is 0 Å². The van der Waals surface area contributed by atoms with E-state index < -0.39 is 46.2 Å². The lowest BCUT2D eigenvalue weighted by Gasteiger charge is -2.07. The highest BCUT2D eigenvalue weighted by atomic mass is 19.1. The SMILES string of the molecule is O=C1NC(=O)C(c2ccc(F)cc2F)=C1c1ccc(F)cc1F. The first kappa shape index (κ1) is 15.0. The molecule has 116 valence electrons. The first-order chi connectivity index (χ1) is 10.9.